The zero-order valence-electron chi connectivity index (χ0n) is 10.7. The molecule has 1 aromatic heterocycles. The lowest BCUT2D eigenvalue weighted by Crippen LogP contribution is -2.14. The third-order valence-electron chi connectivity index (χ3n) is 2.45. The SMILES string of the molecule is O=C(CSc1ccc(Cl)cc1)Nc1cncc(C(=O)O)c1. The highest BCUT2D eigenvalue weighted by Gasteiger charge is 2.07. The van der Waals surface area contributed by atoms with Crippen LogP contribution in [0.3, 0.4) is 0 Å². The number of aromatic carboxylic acids is 1. The Balaban J connectivity index is 1.91. The standard InChI is InChI=1S/C14H11ClN2O3S/c15-10-1-3-12(4-2-10)21-8-13(18)17-11-5-9(14(19)20)6-16-7-11/h1-7H,8H2,(H,17,18)(H,19,20). The van der Waals surface area contributed by atoms with Crippen molar-refractivity contribution in [2.24, 2.45) is 0 Å². The molecule has 21 heavy (non-hydrogen) atoms. The van der Waals surface area contributed by atoms with Gasteiger partial charge in [-0.3, -0.25) is 9.78 Å². The summed E-state index contributed by atoms with van der Waals surface area (Å²) in [4.78, 5) is 27.3. The lowest BCUT2D eigenvalue weighted by atomic mass is 10.2. The molecule has 1 heterocycles. The first-order valence-electron chi connectivity index (χ1n) is 5.91. The van der Waals surface area contributed by atoms with Crippen molar-refractivity contribution < 1.29 is 14.7 Å². The summed E-state index contributed by atoms with van der Waals surface area (Å²) in [6.07, 6.45) is 2.62. The molecule has 2 rings (SSSR count). The molecule has 0 saturated heterocycles. The van der Waals surface area contributed by atoms with Crippen LogP contribution in [0, 0.1) is 0 Å². The van der Waals surface area contributed by atoms with Crippen molar-refractivity contribution in [3.05, 3.63) is 53.3 Å². The maximum Gasteiger partial charge on any atom is 0.337 e. The van der Waals surface area contributed by atoms with E-state index in [0.717, 1.165) is 4.90 Å². The molecule has 2 N–H and O–H groups in total. The number of thioether (sulfide) groups is 1. The second-order valence-corrected chi connectivity index (χ2v) is 5.54. The van der Waals surface area contributed by atoms with Crippen LogP contribution in [-0.4, -0.2) is 27.7 Å². The van der Waals surface area contributed by atoms with Crippen LogP contribution in [-0.2, 0) is 4.79 Å². The molecule has 7 heteroatoms. The van der Waals surface area contributed by atoms with Gasteiger partial charge < -0.3 is 10.4 Å². The Morgan fingerprint density at radius 2 is 1.95 bits per heavy atom. The number of carbonyl (C=O) groups is 2. The van der Waals surface area contributed by atoms with Gasteiger partial charge in [0.15, 0.2) is 0 Å². The number of amides is 1. The lowest BCUT2D eigenvalue weighted by Gasteiger charge is -2.05. The first-order chi connectivity index (χ1) is 10.0. The molecule has 1 amide bonds. The van der Waals surface area contributed by atoms with Gasteiger partial charge in [-0.15, -0.1) is 11.8 Å². The number of nitrogens with one attached hydrogen (secondary N) is 1. The first-order valence-corrected chi connectivity index (χ1v) is 7.27. The van der Waals surface area contributed by atoms with E-state index in [0.29, 0.717) is 10.7 Å². The summed E-state index contributed by atoms with van der Waals surface area (Å²) < 4.78 is 0. The highest BCUT2D eigenvalue weighted by Crippen LogP contribution is 2.20. The van der Waals surface area contributed by atoms with Crippen molar-refractivity contribution >= 4 is 40.9 Å². The van der Waals surface area contributed by atoms with Crippen LogP contribution in [0.2, 0.25) is 5.02 Å². The summed E-state index contributed by atoms with van der Waals surface area (Å²) in [5.41, 5.74) is 0.384. The number of aromatic nitrogens is 1. The number of carboxylic acids is 1. The van der Waals surface area contributed by atoms with Crippen LogP contribution in [0.1, 0.15) is 10.4 Å². The van der Waals surface area contributed by atoms with Crippen LogP contribution in [0.5, 0.6) is 0 Å². The van der Waals surface area contributed by atoms with Crippen molar-refractivity contribution in [3.8, 4) is 0 Å². The Morgan fingerprint density at radius 1 is 1.24 bits per heavy atom. The van der Waals surface area contributed by atoms with Gasteiger partial charge >= 0.3 is 5.97 Å². The van der Waals surface area contributed by atoms with Gasteiger partial charge in [0.25, 0.3) is 0 Å². The van der Waals surface area contributed by atoms with Crippen molar-refractivity contribution in [1.82, 2.24) is 4.98 Å². The summed E-state index contributed by atoms with van der Waals surface area (Å²) in [7, 11) is 0. The van der Waals surface area contributed by atoms with Gasteiger partial charge in [0.2, 0.25) is 5.91 Å². The molecule has 0 spiro atoms. The summed E-state index contributed by atoms with van der Waals surface area (Å²) >= 11 is 7.14. The van der Waals surface area contributed by atoms with E-state index in [-0.39, 0.29) is 17.2 Å². The molecule has 1 aromatic carbocycles. The van der Waals surface area contributed by atoms with E-state index in [1.807, 2.05) is 12.1 Å². The van der Waals surface area contributed by atoms with Crippen LogP contribution in [0.15, 0.2) is 47.6 Å². The minimum atomic E-state index is -1.09. The van der Waals surface area contributed by atoms with Crippen molar-refractivity contribution in [2.45, 2.75) is 4.90 Å². The number of anilines is 1. The van der Waals surface area contributed by atoms with E-state index >= 15 is 0 Å². The minimum absolute atomic E-state index is 0.0261. The number of carboxylic acid groups (broad SMARTS) is 1. The third kappa shape index (κ3) is 4.77. The predicted molar refractivity (Wildman–Crippen MR) is 82.0 cm³/mol. The molecule has 0 unspecified atom stereocenters. The van der Waals surface area contributed by atoms with E-state index in [1.165, 1.54) is 30.2 Å². The molecule has 0 bridgehead atoms. The second kappa shape index (κ2) is 7.10. The summed E-state index contributed by atoms with van der Waals surface area (Å²) in [6, 6.07) is 8.52. The number of hydrogen-bond donors (Lipinski definition) is 2. The van der Waals surface area contributed by atoms with Gasteiger partial charge in [0.1, 0.15) is 0 Å². The molecule has 0 aliphatic heterocycles. The minimum Gasteiger partial charge on any atom is -0.478 e. The van der Waals surface area contributed by atoms with E-state index in [9.17, 15) is 9.59 Å². The topological polar surface area (TPSA) is 79.3 Å². The maximum absolute atomic E-state index is 11.8. The van der Waals surface area contributed by atoms with E-state index in [1.54, 1.807) is 12.1 Å². The number of pyridine rings is 1. The molecule has 108 valence electrons. The zero-order chi connectivity index (χ0) is 15.2. The molecule has 5 nitrogen and oxygen atoms in total. The predicted octanol–water partition coefficient (Wildman–Crippen LogP) is 3.16. The average molecular weight is 323 g/mol. The largest absolute Gasteiger partial charge is 0.478 e. The van der Waals surface area contributed by atoms with Gasteiger partial charge in [-0.2, -0.15) is 0 Å². The van der Waals surface area contributed by atoms with Gasteiger partial charge in [-0.05, 0) is 30.3 Å². The smallest absolute Gasteiger partial charge is 0.337 e. The van der Waals surface area contributed by atoms with E-state index in [4.69, 9.17) is 16.7 Å². The van der Waals surface area contributed by atoms with Crippen LogP contribution >= 0.6 is 23.4 Å². The fourth-order valence-corrected chi connectivity index (χ4v) is 2.33. The number of carbonyl (C=O) groups excluding carboxylic acids is 1. The van der Waals surface area contributed by atoms with Crippen molar-refractivity contribution in [1.29, 1.82) is 0 Å². The summed E-state index contributed by atoms with van der Waals surface area (Å²) in [6.45, 7) is 0. The van der Waals surface area contributed by atoms with E-state index < -0.39 is 5.97 Å². The highest BCUT2D eigenvalue weighted by atomic mass is 35.5. The Kier molecular flexibility index (Phi) is 5.19. The van der Waals surface area contributed by atoms with Crippen molar-refractivity contribution in [3.63, 3.8) is 0 Å². The number of hydrogen-bond acceptors (Lipinski definition) is 4. The molecule has 0 aliphatic carbocycles. The van der Waals surface area contributed by atoms with Crippen LogP contribution in [0.25, 0.3) is 0 Å². The zero-order valence-corrected chi connectivity index (χ0v) is 12.3. The van der Waals surface area contributed by atoms with E-state index in [2.05, 4.69) is 10.3 Å². The lowest BCUT2D eigenvalue weighted by molar-refractivity contribution is -0.113. The summed E-state index contributed by atoms with van der Waals surface area (Å²) in [5, 5.41) is 12.1. The number of benzene rings is 1. The Labute approximate surface area is 130 Å². The average Bonchev–Trinajstić information content (AvgIpc) is 2.47. The normalized spacial score (nSPS) is 10.1. The van der Waals surface area contributed by atoms with Gasteiger partial charge in [0.05, 0.1) is 23.2 Å². The monoisotopic (exact) mass is 322 g/mol. The Morgan fingerprint density at radius 3 is 2.62 bits per heavy atom. The molecule has 0 radical (unpaired) electrons. The van der Waals surface area contributed by atoms with Gasteiger partial charge in [-0.1, -0.05) is 11.6 Å². The molecule has 0 aliphatic rings. The first kappa shape index (κ1) is 15.3. The van der Waals surface area contributed by atoms with Gasteiger partial charge in [0, 0.05) is 16.1 Å². The number of nitrogens with zero attached hydrogens (tertiary/aromatic N) is 1. The summed E-state index contributed by atoms with van der Waals surface area (Å²) in [5.74, 6) is -1.12. The fourth-order valence-electron chi connectivity index (χ4n) is 1.50. The van der Waals surface area contributed by atoms with Gasteiger partial charge in [-0.25, -0.2) is 4.79 Å². The second-order valence-electron chi connectivity index (χ2n) is 4.06. The molecular formula is C14H11ClN2O3S. The highest BCUT2D eigenvalue weighted by molar-refractivity contribution is 8.00. The fraction of sp³-hybridized carbons (Fsp3) is 0.0714. The molecule has 0 saturated carbocycles. The third-order valence-corrected chi connectivity index (χ3v) is 3.72. The molecule has 0 fully saturated rings. The quantitative estimate of drug-likeness (QED) is 0.827. The number of rotatable bonds is 5. The molecule has 0 atom stereocenters. The maximum atomic E-state index is 11.8. The molecular weight excluding hydrogens is 312 g/mol. The number of halogens is 1. The van der Waals surface area contributed by atoms with Crippen molar-refractivity contribution in [2.75, 3.05) is 11.1 Å². The van der Waals surface area contributed by atoms with Crippen LogP contribution in [0.4, 0.5) is 5.69 Å². The van der Waals surface area contributed by atoms with Crippen LogP contribution < -0.4 is 5.32 Å². The Hall–Kier alpha value is -2.05. The molecule has 2 aromatic rings. The Bertz CT molecular complexity index is 662.